The van der Waals surface area contributed by atoms with E-state index in [1.165, 1.54) is 0 Å². The Labute approximate surface area is 104 Å². The third kappa shape index (κ3) is 2.75. The predicted molar refractivity (Wildman–Crippen MR) is 73.1 cm³/mol. The number of hydrogen-bond donors (Lipinski definition) is 2. The summed E-state index contributed by atoms with van der Waals surface area (Å²) in [6, 6.07) is 5.92. The van der Waals surface area contributed by atoms with Gasteiger partial charge in [-0.25, -0.2) is 0 Å². The topological polar surface area (TPSA) is 49.5 Å². The van der Waals surface area contributed by atoms with Crippen molar-refractivity contribution in [3.8, 4) is 0 Å². The summed E-state index contributed by atoms with van der Waals surface area (Å²) in [5.41, 5.74) is 7.34. The highest BCUT2D eigenvalue weighted by Gasteiger charge is 2.23. The van der Waals surface area contributed by atoms with Crippen molar-refractivity contribution in [2.45, 2.75) is 19.4 Å². The number of hydrogen-bond acceptors (Lipinski definition) is 3. The fourth-order valence-electron chi connectivity index (χ4n) is 1.26. The summed E-state index contributed by atoms with van der Waals surface area (Å²) >= 11 is 2.23. The second kappa shape index (κ2) is 4.57. The largest absolute Gasteiger partial charge is 0.397 e. The standard InChI is InChI=1S/C11H17IN2O/c1-11(2,7-15)14(3)10-5-4-8(12)6-9(10)13/h4-6,15H,7,13H2,1-3H3. The average molecular weight is 320 g/mol. The zero-order chi connectivity index (χ0) is 11.6. The number of anilines is 2. The molecule has 84 valence electrons. The Hall–Kier alpha value is -0.490. The first-order chi connectivity index (χ1) is 6.88. The van der Waals surface area contributed by atoms with Crippen LogP contribution in [0, 0.1) is 3.57 Å². The molecule has 4 heteroatoms. The number of halogens is 1. The van der Waals surface area contributed by atoms with Crippen LogP contribution in [-0.4, -0.2) is 24.3 Å². The summed E-state index contributed by atoms with van der Waals surface area (Å²) in [5.74, 6) is 0. The minimum Gasteiger partial charge on any atom is -0.397 e. The van der Waals surface area contributed by atoms with Crippen LogP contribution in [0.15, 0.2) is 18.2 Å². The Balaban J connectivity index is 3.06. The van der Waals surface area contributed by atoms with Gasteiger partial charge >= 0.3 is 0 Å². The molecule has 0 heterocycles. The SMILES string of the molecule is CN(c1ccc(I)cc1N)C(C)(C)CO. The molecule has 1 aromatic carbocycles. The van der Waals surface area contributed by atoms with Crippen molar-refractivity contribution in [2.75, 3.05) is 24.3 Å². The smallest absolute Gasteiger partial charge is 0.0658 e. The zero-order valence-electron chi connectivity index (χ0n) is 9.29. The Morgan fingerprint density at radius 1 is 1.47 bits per heavy atom. The molecule has 1 rings (SSSR count). The van der Waals surface area contributed by atoms with Crippen molar-refractivity contribution in [3.05, 3.63) is 21.8 Å². The van der Waals surface area contributed by atoms with Gasteiger partial charge in [-0.05, 0) is 54.6 Å². The van der Waals surface area contributed by atoms with Crippen molar-refractivity contribution in [3.63, 3.8) is 0 Å². The highest BCUT2D eigenvalue weighted by atomic mass is 127. The molecular formula is C11H17IN2O. The number of aliphatic hydroxyl groups is 1. The lowest BCUT2D eigenvalue weighted by molar-refractivity contribution is 0.216. The number of benzene rings is 1. The molecule has 0 aliphatic carbocycles. The highest BCUT2D eigenvalue weighted by molar-refractivity contribution is 14.1. The number of nitrogen functional groups attached to an aromatic ring is 1. The number of rotatable bonds is 3. The molecule has 0 aromatic heterocycles. The predicted octanol–water partition coefficient (Wildman–Crippen LogP) is 2.08. The molecule has 0 bridgehead atoms. The van der Waals surface area contributed by atoms with Crippen LogP contribution >= 0.6 is 22.6 Å². The molecule has 0 fully saturated rings. The summed E-state index contributed by atoms with van der Waals surface area (Å²) < 4.78 is 1.11. The van der Waals surface area contributed by atoms with Gasteiger partial charge in [0.05, 0.1) is 23.5 Å². The number of likely N-dealkylation sites (N-methyl/N-ethyl adjacent to an activating group) is 1. The quantitative estimate of drug-likeness (QED) is 0.662. The maximum Gasteiger partial charge on any atom is 0.0658 e. The molecule has 0 saturated carbocycles. The highest BCUT2D eigenvalue weighted by Crippen LogP contribution is 2.28. The lowest BCUT2D eigenvalue weighted by Gasteiger charge is -2.36. The van der Waals surface area contributed by atoms with Gasteiger partial charge in [-0.1, -0.05) is 0 Å². The molecule has 0 atom stereocenters. The zero-order valence-corrected chi connectivity index (χ0v) is 11.4. The van der Waals surface area contributed by atoms with Crippen LogP contribution < -0.4 is 10.6 Å². The fourth-order valence-corrected chi connectivity index (χ4v) is 1.78. The van der Waals surface area contributed by atoms with Crippen LogP contribution in [0.2, 0.25) is 0 Å². The Morgan fingerprint density at radius 3 is 2.53 bits per heavy atom. The van der Waals surface area contributed by atoms with Gasteiger partial charge in [-0.2, -0.15) is 0 Å². The van der Waals surface area contributed by atoms with E-state index in [4.69, 9.17) is 5.73 Å². The molecular weight excluding hydrogens is 303 g/mol. The van der Waals surface area contributed by atoms with Crippen LogP contribution in [0.3, 0.4) is 0 Å². The van der Waals surface area contributed by atoms with Gasteiger partial charge in [0.25, 0.3) is 0 Å². The van der Waals surface area contributed by atoms with E-state index in [0.29, 0.717) is 0 Å². The van der Waals surface area contributed by atoms with Gasteiger partial charge in [-0.3, -0.25) is 0 Å². The summed E-state index contributed by atoms with van der Waals surface area (Å²) in [6.45, 7) is 4.05. The van der Waals surface area contributed by atoms with Crippen molar-refractivity contribution in [2.24, 2.45) is 0 Å². The van der Waals surface area contributed by atoms with E-state index in [2.05, 4.69) is 22.6 Å². The van der Waals surface area contributed by atoms with Gasteiger partial charge in [0.2, 0.25) is 0 Å². The second-order valence-corrected chi connectivity index (χ2v) is 5.48. The van der Waals surface area contributed by atoms with Gasteiger partial charge < -0.3 is 15.7 Å². The Morgan fingerprint density at radius 2 is 2.07 bits per heavy atom. The Kier molecular flexibility index (Phi) is 3.83. The van der Waals surface area contributed by atoms with Crippen LogP contribution in [0.25, 0.3) is 0 Å². The third-order valence-electron chi connectivity index (χ3n) is 2.65. The molecule has 3 nitrogen and oxygen atoms in total. The molecule has 0 aliphatic rings. The normalized spacial score (nSPS) is 11.5. The van der Waals surface area contributed by atoms with Crippen molar-refractivity contribution >= 4 is 34.0 Å². The fraction of sp³-hybridized carbons (Fsp3) is 0.455. The van der Waals surface area contributed by atoms with E-state index >= 15 is 0 Å². The van der Waals surface area contributed by atoms with E-state index in [-0.39, 0.29) is 12.1 Å². The molecule has 1 aromatic rings. The maximum absolute atomic E-state index is 9.29. The number of nitrogens with zero attached hydrogens (tertiary/aromatic N) is 1. The monoisotopic (exact) mass is 320 g/mol. The van der Waals surface area contributed by atoms with Crippen LogP contribution in [0.4, 0.5) is 11.4 Å². The first-order valence-corrected chi connectivity index (χ1v) is 5.86. The summed E-state index contributed by atoms with van der Waals surface area (Å²) in [6.07, 6.45) is 0. The maximum atomic E-state index is 9.29. The molecule has 0 aliphatic heterocycles. The van der Waals surface area contributed by atoms with Gasteiger partial charge in [0.1, 0.15) is 0 Å². The first kappa shape index (κ1) is 12.6. The van der Waals surface area contributed by atoms with Gasteiger partial charge in [0, 0.05) is 10.6 Å². The molecule has 0 amide bonds. The summed E-state index contributed by atoms with van der Waals surface area (Å²) in [7, 11) is 1.94. The molecule has 0 saturated heterocycles. The van der Waals surface area contributed by atoms with Crippen LogP contribution in [0.5, 0.6) is 0 Å². The Bertz CT molecular complexity index is 352. The van der Waals surface area contributed by atoms with Gasteiger partial charge in [0.15, 0.2) is 0 Å². The van der Waals surface area contributed by atoms with E-state index < -0.39 is 0 Å². The van der Waals surface area contributed by atoms with E-state index in [0.717, 1.165) is 14.9 Å². The van der Waals surface area contributed by atoms with Crippen molar-refractivity contribution in [1.29, 1.82) is 0 Å². The number of nitrogens with two attached hydrogens (primary N) is 1. The minimum atomic E-state index is -0.305. The lowest BCUT2D eigenvalue weighted by Crippen LogP contribution is -2.44. The molecule has 3 N–H and O–H groups in total. The molecule has 0 unspecified atom stereocenters. The van der Waals surface area contributed by atoms with E-state index in [1.54, 1.807) is 0 Å². The molecule has 0 radical (unpaired) electrons. The summed E-state index contributed by atoms with van der Waals surface area (Å²) in [5, 5.41) is 9.29. The lowest BCUT2D eigenvalue weighted by atomic mass is 10.0. The van der Waals surface area contributed by atoms with E-state index in [1.807, 2.05) is 44.0 Å². The third-order valence-corrected chi connectivity index (χ3v) is 3.32. The van der Waals surface area contributed by atoms with Crippen molar-refractivity contribution < 1.29 is 5.11 Å². The molecule has 0 spiro atoms. The van der Waals surface area contributed by atoms with Crippen molar-refractivity contribution in [1.82, 2.24) is 0 Å². The van der Waals surface area contributed by atoms with Crippen LogP contribution in [0.1, 0.15) is 13.8 Å². The summed E-state index contributed by atoms with van der Waals surface area (Å²) in [4.78, 5) is 2.00. The minimum absolute atomic E-state index is 0.0922. The molecule has 15 heavy (non-hydrogen) atoms. The number of aliphatic hydroxyl groups excluding tert-OH is 1. The van der Waals surface area contributed by atoms with Gasteiger partial charge in [-0.15, -0.1) is 0 Å². The van der Waals surface area contributed by atoms with Crippen LogP contribution in [-0.2, 0) is 0 Å². The second-order valence-electron chi connectivity index (χ2n) is 4.23. The first-order valence-electron chi connectivity index (χ1n) is 4.78. The van der Waals surface area contributed by atoms with E-state index in [9.17, 15) is 5.11 Å². The average Bonchev–Trinajstić information content (AvgIpc) is 2.17.